The van der Waals surface area contributed by atoms with Gasteiger partial charge in [0.1, 0.15) is 0 Å². The van der Waals surface area contributed by atoms with Gasteiger partial charge in [0.2, 0.25) is 0 Å². The van der Waals surface area contributed by atoms with Crippen LogP contribution in [0.2, 0.25) is 0 Å². The van der Waals surface area contributed by atoms with Crippen LogP contribution in [0.3, 0.4) is 0 Å². The van der Waals surface area contributed by atoms with Gasteiger partial charge in [-0.2, -0.15) is 0 Å². The molecule has 9 rings (SSSR count). The van der Waals surface area contributed by atoms with Crippen LogP contribution >= 0.6 is 0 Å². The summed E-state index contributed by atoms with van der Waals surface area (Å²) >= 11 is 0. The Morgan fingerprint density at radius 3 is 1.21 bits per heavy atom. The number of hydrogen-bond acceptors (Lipinski definition) is 2. The molecule has 0 spiro atoms. The summed E-state index contributed by atoms with van der Waals surface area (Å²) in [7, 11) is 0. The maximum absolute atomic E-state index is 5.38. The molecule has 0 atom stereocenters. The lowest BCUT2D eigenvalue weighted by Gasteiger charge is -2.17. The van der Waals surface area contributed by atoms with Crippen molar-refractivity contribution < 1.29 is 0 Å². The summed E-state index contributed by atoms with van der Waals surface area (Å²) in [4.78, 5) is 18.5. The summed E-state index contributed by atoms with van der Waals surface area (Å²) in [5, 5.41) is 0. The highest BCUT2D eigenvalue weighted by Crippen LogP contribution is 2.39. The Hall–Kier alpha value is -6.26. The third-order valence-corrected chi connectivity index (χ3v) is 9.40. The Kier molecular flexibility index (Phi) is 6.90. The van der Waals surface area contributed by atoms with Gasteiger partial charge in [0, 0.05) is 33.9 Å². The van der Waals surface area contributed by atoms with E-state index in [0.29, 0.717) is 0 Å². The molecule has 0 radical (unpaired) electrons. The molecular formula is C44H32N4. The molecule has 0 unspecified atom stereocenters. The fraction of sp³-hybridized carbons (Fsp3) is 0.0455. The molecule has 3 aliphatic heterocycles. The van der Waals surface area contributed by atoms with Crippen LogP contribution in [-0.2, 0) is 0 Å². The standard InChI is InChI=1S/C44H32N4/c1-5-13-29(14-6-1)41-33-21-23-35(45-33)42(30-15-7-2-8-16-30)37-25-27-39(47-37)44(32-19-11-4-12-20-32)40-28-26-38(48-40)43(31-17-9-3-10-18-31)36-24-22-34(41)46-36/h1-28,41,44-46H. The van der Waals surface area contributed by atoms with Crippen molar-refractivity contribution >= 4 is 22.6 Å². The Bertz CT molecular complexity index is 2180. The third kappa shape index (κ3) is 4.95. The van der Waals surface area contributed by atoms with E-state index in [1.165, 1.54) is 5.56 Å². The summed E-state index contributed by atoms with van der Waals surface area (Å²) in [6.07, 6.45) is 8.64. The molecule has 3 aliphatic rings. The van der Waals surface area contributed by atoms with Crippen molar-refractivity contribution in [3.8, 4) is 0 Å². The molecule has 2 N–H and O–H groups in total. The minimum atomic E-state index is -0.128. The Morgan fingerprint density at radius 2 is 0.771 bits per heavy atom. The monoisotopic (exact) mass is 616 g/mol. The number of nitrogens with one attached hydrogen (secondary N) is 2. The van der Waals surface area contributed by atoms with Crippen LogP contribution in [0, 0.1) is 0 Å². The van der Waals surface area contributed by atoms with Crippen LogP contribution in [0.15, 0.2) is 191 Å². The number of rotatable bonds is 4. The molecule has 6 aromatic rings. The SMILES string of the molecule is C1=CC2=C(c3ccccc3)c3ccc([nH]3)C(c3ccccc3)c3ccc([nH]3)C(c3ccccc3)=C3C=CC(=N3)C(c3ccccc3)C1=N2. The van der Waals surface area contributed by atoms with E-state index in [2.05, 4.69) is 180 Å². The molecule has 0 aliphatic carbocycles. The van der Waals surface area contributed by atoms with E-state index >= 15 is 0 Å². The predicted molar refractivity (Wildman–Crippen MR) is 196 cm³/mol. The lowest BCUT2D eigenvalue weighted by atomic mass is 9.89. The predicted octanol–water partition coefficient (Wildman–Crippen LogP) is 9.86. The van der Waals surface area contributed by atoms with Crippen LogP contribution in [0.4, 0.5) is 0 Å². The molecule has 228 valence electrons. The number of benzene rings is 4. The first-order valence-corrected chi connectivity index (χ1v) is 16.4. The lowest BCUT2D eigenvalue weighted by molar-refractivity contribution is 0.893. The van der Waals surface area contributed by atoms with E-state index in [-0.39, 0.29) is 11.8 Å². The van der Waals surface area contributed by atoms with Crippen LogP contribution in [0.5, 0.6) is 0 Å². The molecule has 4 aromatic carbocycles. The first-order chi connectivity index (χ1) is 23.8. The molecule has 0 saturated carbocycles. The second-order valence-corrected chi connectivity index (χ2v) is 12.3. The van der Waals surface area contributed by atoms with Gasteiger partial charge in [-0.1, -0.05) is 121 Å². The molecule has 4 heteroatoms. The van der Waals surface area contributed by atoms with Crippen molar-refractivity contribution in [2.45, 2.75) is 11.8 Å². The summed E-state index contributed by atoms with van der Waals surface area (Å²) in [5.74, 6) is -0.166. The second-order valence-electron chi connectivity index (χ2n) is 12.3. The van der Waals surface area contributed by atoms with Crippen molar-refractivity contribution in [2.24, 2.45) is 9.98 Å². The maximum Gasteiger partial charge on any atom is 0.0733 e. The zero-order valence-corrected chi connectivity index (χ0v) is 26.2. The number of H-pyrrole nitrogens is 2. The number of fused-ring (bicyclic) bond motifs is 6. The largest absolute Gasteiger partial charge is 0.357 e. The Labute approximate surface area is 280 Å². The van der Waals surface area contributed by atoms with Gasteiger partial charge in [-0.3, -0.25) is 9.98 Å². The van der Waals surface area contributed by atoms with E-state index in [1.807, 2.05) is 0 Å². The average Bonchev–Trinajstić information content (AvgIpc) is 3.98. The number of aromatic amines is 2. The lowest BCUT2D eigenvalue weighted by Crippen LogP contribution is -2.17. The summed E-state index contributed by atoms with van der Waals surface area (Å²) in [6, 6.07) is 51.2. The van der Waals surface area contributed by atoms with Gasteiger partial charge in [-0.15, -0.1) is 0 Å². The van der Waals surface area contributed by atoms with Gasteiger partial charge in [-0.05, 0) is 70.8 Å². The topological polar surface area (TPSA) is 56.3 Å². The fourth-order valence-corrected chi connectivity index (χ4v) is 7.21. The first-order valence-electron chi connectivity index (χ1n) is 16.4. The molecule has 5 heterocycles. The number of allylic oxidation sites excluding steroid dienone is 4. The highest BCUT2D eigenvalue weighted by Gasteiger charge is 2.29. The zero-order valence-electron chi connectivity index (χ0n) is 26.2. The number of hydrogen-bond donors (Lipinski definition) is 2. The first kappa shape index (κ1) is 28.0. The molecular weight excluding hydrogens is 585 g/mol. The molecule has 8 bridgehead atoms. The molecule has 48 heavy (non-hydrogen) atoms. The van der Waals surface area contributed by atoms with Crippen LogP contribution in [0.1, 0.15) is 56.9 Å². The Balaban J connectivity index is 1.34. The highest BCUT2D eigenvalue weighted by atomic mass is 14.9. The zero-order chi connectivity index (χ0) is 31.9. The average molecular weight is 617 g/mol. The third-order valence-electron chi connectivity index (χ3n) is 9.40. The van der Waals surface area contributed by atoms with Crippen molar-refractivity contribution in [2.75, 3.05) is 0 Å². The minimum Gasteiger partial charge on any atom is -0.357 e. The highest BCUT2D eigenvalue weighted by molar-refractivity contribution is 6.23. The minimum absolute atomic E-state index is 0.0375. The van der Waals surface area contributed by atoms with Crippen molar-refractivity contribution in [3.63, 3.8) is 0 Å². The van der Waals surface area contributed by atoms with E-state index in [1.54, 1.807) is 0 Å². The smallest absolute Gasteiger partial charge is 0.0733 e. The summed E-state index contributed by atoms with van der Waals surface area (Å²) in [6.45, 7) is 0. The van der Waals surface area contributed by atoms with Crippen LogP contribution < -0.4 is 0 Å². The van der Waals surface area contributed by atoms with Gasteiger partial charge >= 0.3 is 0 Å². The van der Waals surface area contributed by atoms with Gasteiger partial charge < -0.3 is 9.97 Å². The van der Waals surface area contributed by atoms with Gasteiger partial charge in [0.15, 0.2) is 0 Å². The molecule has 0 fully saturated rings. The van der Waals surface area contributed by atoms with Crippen molar-refractivity contribution in [3.05, 3.63) is 226 Å². The van der Waals surface area contributed by atoms with E-state index in [0.717, 1.165) is 73.4 Å². The van der Waals surface area contributed by atoms with Crippen molar-refractivity contribution in [1.29, 1.82) is 0 Å². The quantitative estimate of drug-likeness (QED) is 0.198. The normalized spacial score (nSPS) is 18.3. The number of nitrogens with zero attached hydrogens (tertiary/aromatic N) is 2. The van der Waals surface area contributed by atoms with Gasteiger partial charge in [0.05, 0.1) is 34.7 Å². The molecule has 2 aromatic heterocycles. The van der Waals surface area contributed by atoms with Gasteiger partial charge in [0.25, 0.3) is 0 Å². The second kappa shape index (κ2) is 11.8. The Morgan fingerprint density at radius 1 is 0.375 bits per heavy atom. The van der Waals surface area contributed by atoms with E-state index < -0.39 is 0 Å². The molecule has 4 nitrogen and oxygen atoms in total. The molecule has 0 saturated heterocycles. The number of aliphatic imine (C=N–C) groups is 2. The number of aromatic nitrogens is 2. The van der Waals surface area contributed by atoms with Gasteiger partial charge in [-0.25, -0.2) is 0 Å². The van der Waals surface area contributed by atoms with Crippen LogP contribution in [0.25, 0.3) is 11.1 Å². The van der Waals surface area contributed by atoms with Crippen molar-refractivity contribution in [1.82, 2.24) is 9.97 Å². The molecule has 0 amide bonds. The summed E-state index contributed by atoms with van der Waals surface area (Å²) in [5.41, 5.74) is 14.8. The van der Waals surface area contributed by atoms with Crippen LogP contribution in [-0.4, -0.2) is 21.4 Å². The van der Waals surface area contributed by atoms with E-state index in [9.17, 15) is 0 Å². The van der Waals surface area contributed by atoms with E-state index in [4.69, 9.17) is 9.98 Å². The summed E-state index contributed by atoms with van der Waals surface area (Å²) < 4.78 is 0. The fourth-order valence-electron chi connectivity index (χ4n) is 7.21. The maximum atomic E-state index is 5.38.